The van der Waals surface area contributed by atoms with Crippen LogP contribution in [-0.2, 0) is 4.74 Å². The molecule has 1 rings (SSSR count). The number of hydrogen-bond donors (Lipinski definition) is 0. The minimum Gasteiger partial charge on any atom is -0.461 e. The second-order valence-corrected chi connectivity index (χ2v) is 2.19. The Labute approximate surface area is 69.7 Å². The molecule has 0 aromatic carbocycles. The van der Waals surface area contributed by atoms with Crippen LogP contribution in [0.5, 0.6) is 0 Å². The molecule has 0 aliphatic rings. The molecule has 64 valence electrons. The maximum Gasteiger partial charge on any atom is 0.358 e. The molecule has 0 aliphatic carbocycles. The van der Waals surface area contributed by atoms with Crippen LogP contribution >= 0.6 is 0 Å². The molecule has 0 N–H and O–H groups in total. The van der Waals surface area contributed by atoms with Crippen molar-refractivity contribution in [2.75, 3.05) is 6.61 Å². The number of halogens is 1. The smallest absolute Gasteiger partial charge is 0.358 e. The fourth-order valence-corrected chi connectivity index (χ4v) is 0.840. The second kappa shape index (κ2) is 3.38. The largest absolute Gasteiger partial charge is 0.461 e. The molecule has 1 aromatic rings. The third-order valence-electron chi connectivity index (χ3n) is 1.36. The van der Waals surface area contributed by atoms with Gasteiger partial charge in [-0.25, -0.2) is 9.18 Å². The summed E-state index contributed by atoms with van der Waals surface area (Å²) in [5.41, 5.74) is -0.142. The van der Waals surface area contributed by atoms with E-state index in [0.717, 1.165) is 10.8 Å². The van der Waals surface area contributed by atoms with Crippen molar-refractivity contribution in [3.8, 4) is 0 Å². The Bertz CT molecular complexity index is 280. The van der Waals surface area contributed by atoms with Crippen molar-refractivity contribution in [2.24, 2.45) is 0 Å². The van der Waals surface area contributed by atoms with Crippen molar-refractivity contribution in [1.82, 2.24) is 9.69 Å². The van der Waals surface area contributed by atoms with Gasteiger partial charge in [-0.1, -0.05) is 0 Å². The van der Waals surface area contributed by atoms with E-state index in [-0.39, 0.29) is 12.3 Å². The average Bonchev–Trinajstić information content (AvgIpc) is 2.32. The Hall–Kier alpha value is -1.33. The van der Waals surface area contributed by atoms with Crippen molar-refractivity contribution in [1.29, 1.82) is 0 Å². The van der Waals surface area contributed by atoms with Crippen LogP contribution in [0.2, 0.25) is 0 Å². The zero-order valence-corrected chi connectivity index (χ0v) is 6.87. The molecule has 0 saturated carbocycles. The van der Waals surface area contributed by atoms with Crippen molar-refractivity contribution in [3.63, 3.8) is 0 Å². The number of nitrogens with zero attached hydrogens (tertiary/aromatic N) is 2. The lowest BCUT2D eigenvalue weighted by Gasteiger charge is -2.01. The maximum atomic E-state index is 12.8. The van der Waals surface area contributed by atoms with Crippen molar-refractivity contribution < 1.29 is 13.9 Å². The van der Waals surface area contributed by atoms with Crippen molar-refractivity contribution >= 4 is 14.0 Å². The van der Waals surface area contributed by atoms with Gasteiger partial charge in [0.25, 0.3) is 0 Å². The van der Waals surface area contributed by atoms with E-state index >= 15 is 0 Å². The van der Waals surface area contributed by atoms with Gasteiger partial charge in [0, 0.05) is 0 Å². The standard InChI is InChI=1S/C6H8BFN2O2/c1-2-12-6(11)5-4(8)3-9-10(5)7/h3H,2,7H2,1H3. The van der Waals surface area contributed by atoms with Crippen LogP contribution in [0.3, 0.4) is 0 Å². The molecule has 12 heavy (non-hydrogen) atoms. The Kier molecular flexibility index (Phi) is 2.47. The van der Waals surface area contributed by atoms with Crippen molar-refractivity contribution in [3.05, 3.63) is 17.7 Å². The summed E-state index contributed by atoms with van der Waals surface area (Å²) < 4.78 is 18.6. The molecule has 0 amide bonds. The van der Waals surface area contributed by atoms with E-state index in [1.54, 1.807) is 6.92 Å². The quantitative estimate of drug-likeness (QED) is 0.447. The molecule has 0 aliphatic heterocycles. The first-order valence-corrected chi connectivity index (χ1v) is 3.51. The highest BCUT2D eigenvalue weighted by atomic mass is 19.1. The van der Waals surface area contributed by atoms with Crippen molar-refractivity contribution in [2.45, 2.75) is 6.92 Å². The molecule has 0 fully saturated rings. The van der Waals surface area contributed by atoms with Crippen LogP contribution < -0.4 is 0 Å². The highest BCUT2D eigenvalue weighted by Gasteiger charge is 2.16. The molecule has 1 heterocycles. The molecule has 0 spiro atoms. The second-order valence-electron chi connectivity index (χ2n) is 2.19. The molecule has 0 bridgehead atoms. The predicted octanol–water partition coefficient (Wildman–Crippen LogP) is -0.405. The average molecular weight is 170 g/mol. The summed E-state index contributed by atoms with van der Waals surface area (Å²) in [6.07, 6.45) is 0.978. The van der Waals surface area contributed by atoms with Crippen LogP contribution in [0.15, 0.2) is 6.20 Å². The van der Waals surface area contributed by atoms with E-state index in [1.807, 2.05) is 0 Å². The molecule has 1 aromatic heterocycles. The van der Waals surface area contributed by atoms with Gasteiger partial charge in [-0.3, -0.25) is 0 Å². The molecule has 0 unspecified atom stereocenters. The maximum absolute atomic E-state index is 12.8. The summed E-state index contributed by atoms with van der Waals surface area (Å²) in [4.78, 5) is 11.0. The number of esters is 1. The molecule has 0 saturated heterocycles. The molecule has 0 atom stereocenters. The van der Waals surface area contributed by atoms with E-state index < -0.39 is 11.8 Å². The van der Waals surface area contributed by atoms with Gasteiger partial charge >= 0.3 is 5.97 Å². The first-order chi connectivity index (χ1) is 5.66. The summed E-state index contributed by atoms with van der Waals surface area (Å²) in [7, 11) is 1.48. The summed E-state index contributed by atoms with van der Waals surface area (Å²) in [5.74, 6) is -1.34. The summed E-state index contributed by atoms with van der Waals surface area (Å²) >= 11 is 0. The van der Waals surface area contributed by atoms with Gasteiger partial charge in [0.05, 0.1) is 12.8 Å². The number of carbonyl (C=O) groups is 1. The fraction of sp³-hybridized carbons (Fsp3) is 0.333. The third kappa shape index (κ3) is 1.47. The first-order valence-electron chi connectivity index (χ1n) is 3.51. The van der Waals surface area contributed by atoms with Gasteiger partial charge in [-0.15, -0.1) is 0 Å². The number of rotatable bonds is 2. The summed E-state index contributed by atoms with van der Waals surface area (Å²) in [6, 6.07) is 0. The van der Waals surface area contributed by atoms with Crippen LogP contribution in [0.1, 0.15) is 17.4 Å². The number of carbonyl (C=O) groups excluding carboxylic acids is 1. The fourth-order valence-electron chi connectivity index (χ4n) is 0.840. The van der Waals surface area contributed by atoms with E-state index in [1.165, 1.54) is 7.98 Å². The number of ether oxygens (including phenoxy) is 1. The first kappa shape index (κ1) is 8.77. The Balaban J connectivity index is 2.93. The Morgan fingerprint density at radius 2 is 2.58 bits per heavy atom. The van der Waals surface area contributed by atoms with Crippen LogP contribution in [0, 0.1) is 5.82 Å². The molecule has 0 radical (unpaired) electrons. The van der Waals surface area contributed by atoms with Gasteiger partial charge in [0.15, 0.2) is 11.5 Å². The number of aromatic nitrogens is 2. The topological polar surface area (TPSA) is 44.1 Å². The SMILES string of the molecule is Bn1ncc(F)c1C(=O)OCC. The van der Waals surface area contributed by atoms with Gasteiger partial charge in [-0.05, 0) is 6.92 Å². The van der Waals surface area contributed by atoms with Gasteiger partial charge < -0.3 is 9.33 Å². The zero-order valence-electron chi connectivity index (χ0n) is 6.87. The lowest BCUT2D eigenvalue weighted by atomic mass is 10.3. The van der Waals surface area contributed by atoms with Gasteiger partial charge in [0.1, 0.15) is 0 Å². The monoisotopic (exact) mass is 170 g/mol. The molecule has 6 heteroatoms. The predicted molar refractivity (Wildman–Crippen MR) is 42.1 cm³/mol. The van der Waals surface area contributed by atoms with E-state index in [9.17, 15) is 9.18 Å². The van der Waals surface area contributed by atoms with E-state index in [0.29, 0.717) is 0 Å². The minimum absolute atomic E-state index is 0.142. The third-order valence-corrected chi connectivity index (χ3v) is 1.36. The highest BCUT2D eigenvalue weighted by Crippen LogP contribution is 2.05. The summed E-state index contributed by atoms with van der Waals surface area (Å²) in [5, 5.41) is 3.56. The minimum atomic E-state index is -0.685. The van der Waals surface area contributed by atoms with Crippen LogP contribution in [-0.4, -0.2) is 30.2 Å². The molecular weight excluding hydrogens is 162 g/mol. The van der Waals surface area contributed by atoms with E-state index in [4.69, 9.17) is 0 Å². The van der Waals surface area contributed by atoms with Crippen LogP contribution in [0.4, 0.5) is 4.39 Å². The number of hydrogen-bond acceptors (Lipinski definition) is 3. The van der Waals surface area contributed by atoms with E-state index in [2.05, 4.69) is 9.84 Å². The zero-order chi connectivity index (χ0) is 9.14. The normalized spacial score (nSPS) is 9.83. The van der Waals surface area contributed by atoms with Gasteiger partial charge in [0.2, 0.25) is 7.98 Å². The molecule has 4 nitrogen and oxygen atoms in total. The Morgan fingerprint density at radius 3 is 3.00 bits per heavy atom. The summed E-state index contributed by atoms with van der Waals surface area (Å²) in [6.45, 7) is 1.88. The van der Waals surface area contributed by atoms with Gasteiger partial charge in [-0.2, -0.15) is 5.10 Å². The van der Waals surface area contributed by atoms with Crippen LogP contribution in [0.25, 0.3) is 0 Å². The lowest BCUT2D eigenvalue weighted by Crippen LogP contribution is -2.13. The molecular formula is C6H8BFN2O2. The highest BCUT2D eigenvalue weighted by molar-refractivity contribution is 6.09. The Morgan fingerprint density at radius 1 is 1.92 bits per heavy atom. The lowest BCUT2D eigenvalue weighted by molar-refractivity contribution is 0.0512.